The first-order valence-corrected chi connectivity index (χ1v) is 12.8. The van der Waals surface area contributed by atoms with Crippen molar-refractivity contribution in [2.75, 3.05) is 6.54 Å². The van der Waals surface area contributed by atoms with Crippen molar-refractivity contribution in [3.63, 3.8) is 0 Å². The molecule has 1 aliphatic carbocycles. The van der Waals surface area contributed by atoms with Gasteiger partial charge in [-0.1, -0.05) is 20.8 Å². The van der Waals surface area contributed by atoms with E-state index in [0.717, 1.165) is 30.9 Å². The highest BCUT2D eigenvalue weighted by Crippen LogP contribution is 2.49. The molecule has 0 radical (unpaired) electrons. The SMILES string of the molecule is CC(=O)N[C@@H](Cc1cc(F)cc(F)c1)[C@@H](O)CN[C@H]1CC2(CCC2)Oc2ncc([C@H](F)C(C)(C)C)cc21. The number of ether oxygens (including phenoxy) is 1. The van der Waals surface area contributed by atoms with Crippen molar-refractivity contribution in [3.8, 4) is 5.88 Å². The third-order valence-electron chi connectivity index (χ3n) is 7.29. The molecular formula is C28H36F3N3O3. The van der Waals surface area contributed by atoms with Gasteiger partial charge in [-0.05, 0) is 54.9 Å². The number of carbonyl (C=O) groups is 1. The Labute approximate surface area is 216 Å². The Morgan fingerprint density at radius 2 is 1.89 bits per heavy atom. The fraction of sp³-hybridized carbons (Fsp3) is 0.571. The normalized spacial score (nSPS) is 20.8. The number of halogens is 3. The van der Waals surface area contributed by atoms with E-state index < -0.39 is 35.4 Å². The van der Waals surface area contributed by atoms with Crippen molar-refractivity contribution in [3.05, 3.63) is 58.8 Å². The molecule has 1 aromatic carbocycles. The topological polar surface area (TPSA) is 83.5 Å². The molecule has 4 rings (SSSR count). The average molecular weight is 520 g/mol. The van der Waals surface area contributed by atoms with Gasteiger partial charge in [0.25, 0.3) is 0 Å². The number of nitrogens with zero attached hydrogens (tertiary/aromatic N) is 1. The van der Waals surface area contributed by atoms with Gasteiger partial charge in [-0.3, -0.25) is 4.79 Å². The lowest BCUT2D eigenvalue weighted by molar-refractivity contribution is -0.120. The van der Waals surface area contributed by atoms with E-state index in [-0.39, 0.29) is 30.5 Å². The lowest BCUT2D eigenvalue weighted by Gasteiger charge is -2.47. The van der Waals surface area contributed by atoms with E-state index in [9.17, 15) is 18.7 Å². The van der Waals surface area contributed by atoms with Crippen LogP contribution in [0.3, 0.4) is 0 Å². The number of benzene rings is 1. The van der Waals surface area contributed by atoms with Gasteiger partial charge in [0.15, 0.2) is 0 Å². The summed E-state index contributed by atoms with van der Waals surface area (Å²) in [6.07, 6.45) is 2.78. The molecule has 3 N–H and O–H groups in total. The molecule has 1 amide bonds. The molecule has 4 atom stereocenters. The minimum atomic E-state index is -1.22. The van der Waals surface area contributed by atoms with Crippen molar-refractivity contribution in [1.29, 1.82) is 0 Å². The Kier molecular flexibility index (Phi) is 7.85. The molecule has 37 heavy (non-hydrogen) atoms. The summed E-state index contributed by atoms with van der Waals surface area (Å²) >= 11 is 0. The van der Waals surface area contributed by atoms with Crippen LogP contribution in [0.2, 0.25) is 0 Å². The summed E-state index contributed by atoms with van der Waals surface area (Å²) in [5.74, 6) is -1.34. The molecule has 1 fully saturated rings. The number of aliphatic hydroxyl groups is 1. The highest BCUT2D eigenvalue weighted by Gasteiger charge is 2.46. The second-order valence-electron chi connectivity index (χ2n) is 11.6. The molecule has 0 saturated heterocycles. The lowest BCUT2D eigenvalue weighted by atomic mass is 9.73. The summed E-state index contributed by atoms with van der Waals surface area (Å²) in [4.78, 5) is 16.3. The smallest absolute Gasteiger partial charge is 0.218 e. The number of fused-ring (bicyclic) bond motifs is 1. The zero-order valence-electron chi connectivity index (χ0n) is 21.8. The third kappa shape index (κ3) is 6.44. The minimum absolute atomic E-state index is 0.0478. The number of aliphatic hydroxyl groups excluding tert-OH is 1. The molecule has 1 aliphatic heterocycles. The third-order valence-corrected chi connectivity index (χ3v) is 7.29. The van der Waals surface area contributed by atoms with E-state index in [4.69, 9.17) is 4.74 Å². The Balaban J connectivity index is 1.53. The maximum absolute atomic E-state index is 15.1. The monoisotopic (exact) mass is 519 g/mol. The van der Waals surface area contributed by atoms with E-state index in [1.54, 1.807) is 6.07 Å². The van der Waals surface area contributed by atoms with E-state index in [0.29, 0.717) is 23.4 Å². The van der Waals surface area contributed by atoms with Gasteiger partial charge in [-0.2, -0.15) is 0 Å². The molecule has 0 unspecified atom stereocenters. The highest BCUT2D eigenvalue weighted by molar-refractivity contribution is 5.73. The van der Waals surface area contributed by atoms with Crippen molar-refractivity contribution in [2.24, 2.45) is 5.41 Å². The number of alkyl halides is 1. The first kappa shape index (κ1) is 27.4. The zero-order valence-corrected chi connectivity index (χ0v) is 21.8. The fourth-order valence-corrected chi connectivity index (χ4v) is 5.18. The number of hydrogen-bond acceptors (Lipinski definition) is 5. The van der Waals surface area contributed by atoms with Crippen LogP contribution in [0, 0.1) is 17.0 Å². The van der Waals surface area contributed by atoms with Gasteiger partial charge in [0, 0.05) is 49.3 Å². The second kappa shape index (κ2) is 10.6. The number of aromatic nitrogens is 1. The van der Waals surface area contributed by atoms with Gasteiger partial charge in [0.1, 0.15) is 23.4 Å². The lowest BCUT2D eigenvalue weighted by Crippen LogP contribution is -2.52. The number of hydrogen-bond donors (Lipinski definition) is 3. The molecule has 1 spiro atoms. The molecule has 202 valence electrons. The van der Waals surface area contributed by atoms with Crippen molar-refractivity contribution in [2.45, 2.75) is 89.8 Å². The first-order chi connectivity index (χ1) is 17.3. The van der Waals surface area contributed by atoms with Crippen LogP contribution in [-0.2, 0) is 11.2 Å². The summed E-state index contributed by atoms with van der Waals surface area (Å²) in [6, 6.07) is 3.91. The standard InChI is InChI=1S/C28H36F3N3O3/c1-16(35)34-22(10-17-8-19(29)12-20(30)9-17)24(36)15-32-23-13-28(6-5-7-28)37-26-21(23)11-18(14-33-26)25(31)27(2,3)4/h8-9,11-12,14,22-25,32,36H,5-7,10,13,15H2,1-4H3,(H,34,35)/t22-,23-,24-,25-/m0/s1. The summed E-state index contributed by atoms with van der Waals surface area (Å²) in [6.45, 7) is 6.90. The quantitative estimate of drug-likeness (QED) is 0.464. The van der Waals surface area contributed by atoms with Crippen LogP contribution in [0.15, 0.2) is 30.5 Å². The van der Waals surface area contributed by atoms with Crippen LogP contribution in [0.1, 0.15) is 82.3 Å². The molecule has 2 aliphatic rings. The maximum Gasteiger partial charge on any atom is 0.218 e. The number of carbonyl (C=O) groups excluding carboxylic acids is 1. The zero-order chi connectivity index (χ0) is 27.0. The average Bonchev–Trinajstić information content (AvgIpc) is 2.78. The highest BCUT2D eigenvalue weighted by atomic mass is 19.1. The minimum Gasteiger partial charge on any atom is -0.471 e. The van der Waals surface area contributed by atoms with Gasteiger partial charge in [-0.15, -0.1) is 0 Å². The van der Waals surface area contributed by atoms with Crippen molar-refractivity contribution < 1.29 is 27.8 Å². The first-order valence-electron chi connectivity index (χ1n) is 12.8. The molecule has 1 saturated carbocycles. The van der Waals surface area contributed by atoms with Gasteiger partial charge < -0.3 is 20.5 Å². The Bertz CT molecular complexity index is 1110. The van der Waals surface area contributed by atoms with E-state index in [1.165, 1.54) is 25.3 Å². The molecule has 2 heterocycles. The fourth-order valence-electron chi connectivity index (χ4n) is 5.18. The predicted octanol–water partition coefficient (Wildman–Crippen LogP) is 4.86. The number of pyridine rings is 1. The van der Waals surface area contributed by atoms with Crippen LogP contribution < -0.4 is 15.4 Å². The summed E-state index contributed by atoms with van der Waals surface area (Å²) in [7, 11) is 0. The second-order valence-corrected chi connectivity index (χ2v) is 11.6. The molecule has 2 aromatic rings. The van der Waals surface area contributed by atoms with E-state index >= 15 is 4.39 Å². The number of rotatable bonds is 8. The molecule has 0 bridgehead atoms. The molecular weight excluding hydrogens is 483 g/mol. The summed E-state index contributed by atoms with van der Waals surface area (Å²) < 4.78 is 48.8. The Hall–Kier alpha value is -2.65. The van der Waals surface area contributed by atoms with Crippen LogP contribution in [0.5, 0.6) is 5.88 Å². The van der Waals surface area contributed by atoms with E-state index in [1.807, 2.05) is 20.8 Å². The van der Waals surface area contributed by atoms with Crippen LogP contribution in [-0.4, -0.2) is 40.3 Å². The van der Waals surface area contributed by atoms with Crippen LogP contribution in [0.4, 0.5) is 13.2 Å². The molecule has 9 heteroatoms. The van der Waals surface area contributed by atoms with E-state index in [2.05, 4.69) is 15.6 Å². The van der Waals surface area contributed by atoms with Crippen molar-refractivity contribution >= 4 is 5.91 Å². The number of nitrogens with one attached hydrogen (secondary N) is 2. The van der Waals surface area contributed by atoms with Crippen LogP contribution in [0.25, 0.3) is 0 Å². The van der Waals surface area contributed by atoms with Gasteiger partial charge in [0.05, 0.1) is 12.1 Å². The summed E-state index contributed by atoms with van der Waals surface area (Å²) in [5.41, 5.74) is 0.597. The van der Waals surface area contributed by atoms with Crippen LogP contribution >= 0.6 is 0 Å². The number of amides is 1. The van der Waals surface area contributed by atoms with Gasteiger partial charge >= 0.3 is 0 Å². The Morgan fingerprint density at radius 1 is 1.22 bits per heavy atom. The molecule has 6 nitrogen and oxygen atoms in total. The Morgan fingerprint density at radius 3 is 2.46 bits per heavy atom. The predicted molar refractivity (Wildman–Crippen MR) is 134 cm³/mol. The van der Waals surface area contributed by atoms with Crippen molar-refractivity contribution in [1.82, 2.24) is 15.6 Å². The van der Waals surface area contributed by atoms with Gasteiger partial charge in [0.2, 0.25) is 11.8 Å². The molecule has 1 aromatic heterocycles. The largest absolute Gasteiger partial charge is 0.471 e. The summed E-state index contributed by atoms with van der Waals surface area (Å²) in [5, 5.41) is 17.1. The maximum atomic E-state index is 15.1. The van der Waals surface area contributed by atoms with Gasteiger partial charge in [-0.25, -0.2) is 18.2 Å².